The van der Waals surface area contributed by atoms with Crippen LogP contribution in [0.3, 0.4) is 0 Å². The molecule has 1 aromatic heterocycles. The summed E-state index contributed by atoms with van der Waals surface area (Å²) in [5.74, 6) is 0.726. The molecule has 1 aliphatic heterocycles. The van der Waals surface area contributed by atoms with Crippen molar-refractivity contribution in [3.05, 3.63) is 69.7 Å². The molecular weight excluding hydrogens is 402 g/mol. The lowest BCUT2D eigenvalue weighted by molar-refractivity contribution is -0.116. The lowest BCUT2D eigenvalue weighted by Crippen LogP contribution is -2.25. The van der Waals surface area contributed by atoms with Crippen molar-refractivity contribution in [2.75, 3.05) is 16.8 Å². The number of fused-ring (bicyclic) bond motifs is 1. The molecule has 0 aliphatic carbocycles. The molecule has 4 rings (SSSR count). The van der Waals surface area contributed by atoms with Crippen molar-refractivity contribution in [1.82, 2.24) is 4.98 Å². The molecule has 5 nitrogen and oxygen atoms in total. The van der Waals surface area contributed by atoms with Gasteiger partial charge < -0.3 is 10.2 Å². The quantitative estimate of drug-likeness (QED) is 0.593. The zero-order valence-corrected chi connectivity index (χ0v) is 17.9. The van der Waals surface area contributed by atoms with Gasteiger partial charge in [0.25, 0.3) is 5.91 Å². The number of hydrogen-bond donors (Lipinski definition) is 1. The van der Waals surface area contributed by atoms with Crippen LogP contribution in [-0.4, -0.2) is 23.3 Å². The maximum absolute atomic E-state index is 12.6. The van der Waals surface area contributed by atoms with E-state index in [0.29, 0.717) is 12.1 Å². The second-order valence-electron chi connectivity index (χ2n) is 6.89. The van der Waals surface area contributed by atoms with Crippen molar-refractivity contribution in [3.63, 3.8) is 0 Å². The lowest BCUT2D eigenvalue weighted by atomic mass is 10.1. The predicted molar refractivity (Wildman–Crippen MR) is 119 cm³/mol. The van der Waals surface area contributed by atoms with E-state index in [-0.39, 0.29) is 11.8 Å². The van der Waals surface area contributed by atoms with Gasteiger partial charge in [0.05, 0.1) is 10.7 Å². The highest BCUT2D eigenvalue weighted by molar-refractivity contribution is 7.98. The normalized spacial score (nSPS) is 12.7. The highest BCUT2D eigenvalue weighted by atomic mass is 32.2. The first-order valence-corrected chi connectivity index (χ1v) is 11.2. The van der Waals surface area contributed by atoms with E-state index >= 15 is 0 Å². The number of benzene rings is 2. The van der Waals surface area contributed by atoms with Gasteiger partial charge in [0.15, 0.2) is 0 Å². The zero-order chi connectivity index (χ0) is 20.4. The van der Waals surface area contributed by atoms with Crippen LogP contribution in [-0.2, 0) is 17.0 Å². The smallest absolute Gasteiger partial charge is 0.255 e. The van der Waals surface area contributed by atoms with Gasteiger partial charge in [-0.3, -0.25) is 9.59 Å². The minimum Gasteiger partial charge on any atom is -0.322 e. The summed E-state index contributed by atoms with van der Waals surface area (Å²) in [6.45, 7) is 4.28. The molecule has 2 amide bonds. The van der Waals surface area contributed by atoms with Gasteiger partial charge in [-0.25, -0.2) is 4.98 Å². The van der Waals surface area contributed by atoms with Crippen LogP contribution < -0.4 is 10.2 Å². The maximum atomic E-state index is 12.6. The van der Waals surface area contributed by atoms with Crippen LogP contribution in [0.4, 0.5) is 11.4 Å². The first-order chi connectivity index (χ1) is 14.0. The monoisotopic (exact) mass is 423 g/mol. The Hall–Kier alpha value is -2.64. The van der Waals surface area contributed by atoms with Crippen LogP contribution in [0.25, 0.3) is 0 Å². The average Bonchev–Trinajstić information content (AvgIpc) is 3.32. The molecule has 2 heterocycles. The van der Waals surface area contributed by atoms with E-state index < -0.39 is 0 Å². The fraction of sp³-hybridized carbons (Fsp3) is 0.227. The van der Waals surface area contributed by atoms with E-state index in [1.165, 1.54) is 0 Å². The second kappa shape index (κ2) is 8.39. The van der Waals surface area contributed by atoms with Crippen LogP contribution in [0, 0.1) is 6.92 Å². The number of aromatic nitrogens is 1. The van der Waals surface area contributed by atoms with Crippen molar-refractivity contribution >= 4 is 46.3 Å². The summed E-state index contributed by atoms with van der Waals surface area (Å²) in [5.41, 5.74) is 4.47. The highest BCUT2D eigenvalue weighted by Crippen LogP contribution is 2.31. The topological polar surface area (TPSA) is 62.3 Å². The molecule has 3 aromatic rings. The fourth-order valence-electron chi connectivity index (χ4n) is 3.34. The fourth-order valence-corrected chi connectivity index (χ4v) is 4.85. The molecule has 148 valence electrons. The Kier molecular flexibility index (Phi) is 5.69. The molecule has 0 bridgehead atoms. The van der Waals surface area contributed by atoms with Gasteiger partial charge in [0.1, 0.15) is 0 Å². The van der Waals surface area contributed by atoms with Crippen molar-refractivity contribution in [3.8, 4) is 0 Å². The average molecular weight is 424 g/mol. The Morgan fingerprint density at radius 2 is 2.00 bits per heavy atom. The van der Waals surface area contributed by atoms with Gasteiger partial charge in [-0.2, -0.15) is 0 Å². The molecule has 0 atom stereocenters. The molecule has 7 heteroatoms. The zero-order valence-electron chi connectivity index (χ0n) is 16.3. The number of carbonyl (C=O) groups is 2. The van der Waals surface area contributed by atoms with E-state index in [1.54, 1.807) is 34.9 Å². The highest BCUT2D eigenvalue weighted by Gasteiger charge is 2.22. The predicted octanol–water partition coefficient (Wildman–Crippen LogP) is 4.91. The molecule has 1 aliphatic rings. The van der Waals surface area contributed by atoms with Crippen molar-refractivity contribution in [1.29, 1.82) is 0 Å². The molecule has 2 aromatic carbocycles. The van der Waals surface area contributed by atoms with E-state index in [1.807, 2.05) is 49.4 Å². The van der Waals surface area contributed by atoms with Crippen molar-refractivity contribution in [2.45, 2.75) is 30.9 Å². The largest absolute Gasteiger partial charge is 0.322 e. The van der Waals surface area contributed by atoms with Gasteiger partial charge >= 0.3 is 0 Å². The summed E-state index contributed by atoms with van der Waals surface area (Å²) < 4.78 is 0. The van der Waals surface area contributed by atoms with Gasteiger partial charge in [0.2, 0.25) is 5.91 Å². The van der Waals surface area contributed by atoms with Gasteiger partial charge in [0, 0.05) is 46.4 Å². The Bertz CT molecular complexity index is 1060. The molecule has 1 N–H and O–H groups in total. The van der Waals surface area contributed by atoms with E-state index in [0.717, 1.165) is 44.7 Å². The summed E-state index contributed by atoms with van der Waals surface area (Å²) in [6.07, 6.45) is 0.809. The van der Waals surface area contributed by atoms with Gasteiger partial charge in [-0.05, 0) is 61.4 Å². The maximum Gasteiger partial charge on any atom is 0.255 e. The number of aryl methyl sites for hydroxylation is 1. The number of amides is 2. The van der Waals surface area contributed by atoms with Crippen LogP contribution in [0.2, 0.25) is 0 Å². The Balaban J connectivity index is 1.38. The number of carbonyl (C=O) groups excluding carboxylic acids is 2. The number of rotatable bonds is 5. The minimum atomic E-state index is -0.141. The van der Waals surface area contributed by atoms with Crippen molar-refractivity contribution in [2.24, 2.45) is 0 Å². The van der Waals surface area contributed by atoms with E-state index in [2.05, 4.69) is 15.7 Å². The van der Waals surface area contributed by atoms with Gasteiger partial charge in [-0.1, -0.05) is 0 Å². The van der Waals surface area contributed by atoms with E-state index in [9.17, 15) is 9.59 Å². The summed E-state index contributed by atoms with van der Waals surface area (Å²) in [7, 11) is 0. The van der Waals surface area contributed by atoms with E-state index in [4.69, 9.17) is 0 Å². The second-order valence-corrected chi connectivity index (χ2v) is 9.00. The van der Waals surface area contributed by atoms with Crippen LogP contribution in [0.5, 0.6) is 0 Å². The SMILES string of the molecule is CC(=O)N1CCc2cc(NC(=O)c3ccc(SCc4csc(C)n4)cc3)ccc21. The number of hydrogen-bond acceptors (Lipinski definition) is 5. The minimum absolute atomic E-state index is 0.0448. The molecule has 0 unspecified atom stereocenters. The molecular formula is C22H21N3O2S2. The molecule has 0 saturated carbocycles. The third-order valence-corrected chi connectivity index (χ3v) is 6.65. The summed E-state index contributed by atoms with van der Waals surface area (Å²) in [6, 6.07) is 13.3. The molecule has 0 saturated heterocycles. The molecule has 29 heavy (non-hydrogen) atoms. The Morgan fingerprint density at radius 1 is 1.21 bits per heavy atom. The standard InChI is InChI=1S/C22H21N3O2S2/c1-14-23-19(12-28-14)13-29-20-6-3-16(4-7-20)22(27)24-18-5-8-21-17(11-18)9-10-25(21)15(2)26/h3-8,11-12H,9-10,13H2,1-2H3,(H,24,27). The number of thioether (sulfide) groups is 1. The first-order valence-electron chi connectivity index (χ1n) is 9.36. The summed E-state index contributed by atoms with van der Waals surface area (Å²) in [5, 5.41) is 6.11. The summed E-state index contributed by atoms with van der Waals surface area (Å²) >= 11 is 3.37. The Morgan fingerprint density at radius 3 is 2.69 bits per heavy atom. The number of thiazole rings is 1. The third kappa shape index (κ3) is 4.52. The van der Waals surface area contributed by atoms with Crippen molar-refractivity contribution < 1.29 is 9.59 Å². The lowest BCUT2D eigenvalue weighted by Gasteiger charge is -2.15. The van der Waals surface area contributed by atoms with Crippen LogP contribution in [0.1, 0.15) is 33.5 Å². The first kappa shape index (κ1) is 19.7. The van der Waals surface area contributed by atoms with Crippen LogP contribution >= 0.6 is 23.1 Å². The molecule has 0 fully saturated rings. The Labute approximate surface area is 178 Å². The van der Waals surface area contributed by atoms with Gasteiger partial charge in [-0.15, -0.1) is 23.1 Å². The molecule has 0 spiro atoms. The van der Waals surface area contributed by atoms with Crippen LogP contribution in [0.15, 0.2) is 52.7 Å². The third-order valence-electron chi connectivity index (χ3n) is 4.78. The number of nitrogens with zero attached hydrogens (tertiary/aromatic N) is 2. The number of nitrogens with one attached hydrogen (secondary N) is 1. The molecule has 0 radical (unpaired) electrons. The number of anilines is 2. The summed E-state index contributed by atoms with van der Waals surface area (Å²) in [4.78, 5) is 31.6.